The number of carbonyl (C=O) groups is 1. The van der Waals surface area contributed by atoms with Gasteiger partial charge in [-0.1, -0.05) is 37.1 Å². The molecule has 1 aliphatic rings. The van der Waals surface area contributed by atoms with Crippen molar-refractivity contribution in [1.82, 2.24) is 4.90 Å². The third kappa shape index (κ3) is 3.48. The lowest BCUT2D eigenvalue weighted by Crippen LogP contribution is -2.26. The Morgan fingerprint density at radius 1 is 1.42 bits per heavy atom. The van der Waals surface area contributed by atoms with E-state index < -0.39 is 6.10 Å². The standard InChI is InChI=1S/C15H20ClNO2/c1-2-3-8-17-10-12(9-14(17)18)15(19)11-4-6-13(16)7-5-11/h4-7,12,15,19H,2-3,8-10H2,1H3. The maximum absolute atomic E-state index is 11.9. The summed E-state index contributed by atoms with van der Waals surface area (Å²) in [5.41, 5.74) is 0.833. The highest BCUT2D eigenvalue weighted by Gasteiger charge is 2.34. The Morgan fingerprint density at radius 2 is 2.11 bits per heavy atom. The summed E-state index contributed by atoms with van der Waals surface area (Å²) in [5.74, 6) is 0.150. The largest absolute Gasteiger partial charge is 0.388 e. The van der Waals surface area contributed by atoms with Crippen LogP contribution in [-0.2, 0) is 4.79 Å². The molecule has 0 spiro atoms. The Balaban J connectivity index is 1.99. The zero-order valence-corrected chi connectivity index (χ0v) is 11.9. The molecule has 1 amide bonds. The molecule has 0 bridgehead atoms. The monoisotopic (exact) mass is 281 g/mol. The molecule has 1 aliphatic heterocycles. The van der Waals surface area contributed by atoms with E-state index in [2.05, 4.69) is 6.92 Å². The fourth-order valence-corrected chi connectivity index (χ4v) is 2.64. The molecular weight excluding hydrogens is 262 g/mol. The second-order valence-electron chi connectivity index (χ2n) is 5.15. The molecule has 0 saturated carbocycles. The van der Waals surface area contributed by atoms with Gasteiger partial charge in [-0.05, 0) is 24.1 Å². The number of nitrogens with zero attached hydrogens (tertiary/aromatic N) is 1. The zero-order chi connectivity index (χ0) is 13.8. The van der Waals surface area contributed by atoms with E-state index in [1.54, 1.807) is 12.1 Å². The third-order valence-corrected chi connectivity index (χ3v) is 3.94. The number of aliphatic hydroxyl groups is 1. The molecule has 2 rings (SSSR count). The van der Waals surface area contributed by atoms with Gasteiger partial charge in [0.15, 0.2) is 0 Å². The van der Waals surface area contributed by atoms with Gasteiger partial charge in [0.2, 0.25) is 5.91 Å². The minimum absolute atomic E-state index is 0.00877. The summed E-state index contributed by atoms with van der Waals surface area (Å²) in [6, 6.07) is 7.19. The number of likely N-dealkylation sites (tertiary alicyclic amines) is 1. The van der Waals surface area contributed by atoms with Crippen LogP contribution in [0.1, 0.15) is 37.9 Å². The van der Waals surface area contributed by atoms with Crippen molar-refractivity contribution in [3.8, 4) is 0 Å². The Hall–Kier alpha value is -1.06. The average Bonchev–Trinajstić information content (AvgIpc) is 2.78. The van der Waals surface area contributed by atoms with E-state index in [9.17, 15) is 9.90 Å². The fraction of sp³-hybridized carbons (Fsp3) is 0.533. The first-order valence-corrected chi connectivity index (χ1v) is 7.21. The Kier molecular flexibility index (Phi) is 4.83. The Labute approximate surface area is 119 Å². The van der Waals surface area contributed by atoms with Crippen LogP contribution < -0.4 is 0 Å². The van der Waals surface area contributed by atoms with Gasteiger partial charge in [0.1, 0.15) is 0 Å². The van der Waals surface area contributed by atoms with Gasteiger partial charge in [-0.3, -0.25) is 4.79 Å². The van der Waals surface area contributed by atoms with E-state index in [0.29, 0.717) is 18.0 Å². The molecule has 1 saturated heterocycles. The smallest absolute Gasteiger partial charge is 0.223 e. The lowest BCUT2D eigenvalue weighted by Gasteiger charge is -2.19. The molecule has 3 nitrogen and oxygen atoms in total. The molecule has 2 unspecified atom stereocenters. The first-order chi connectivity index (χ1) is 9.11. The number of amides is 1. The van der Waals surface area contributed by atoms with Crippen LogP contribution in [0.5, 0.6) is 0 Å². The van der Waals surface area contributed by atoms with Gasteiger partial charge in [-0.25, -0.2) is 0 Å². The maximum Gasteiger partial charge on any atom is 0.223 e. The van der Waals surface area contributed by atoms with Crippen LogP contribution >= 0.6 is 11.6 Å². The van der Waals surface area contributed by atoms with Crippen molar-refractivity contribution in [2.45, 2.75) is 32.3 Å². The molecule has 1 fully saturated rings. The molecule has 104 valence electrons. The summed E-state index contributed by atoms with van der Waals surface area (Å²) in [6.07, 6.45) is 1.95. The number of aliphatic hydroxyl groups excluding tert-OH is 1. The predicted octanol–water partition coefficient (Wildman–Crippen LogP) is 3.02. The number of benzene rings is 1. The molecule has 2 atom stereocenters. The van der Waals surface area contributed by atoms with Crippen molar-refractivity contribution in [1.29, 1.82) is 0 Å². The summed E-state index contributed by atoms with van der Waals surface area (Å²) in [5, 5.41) is 11.0. The van der Waals surface area contributed by atoms with Gasteiger partial charge in [-0.2, -0.15) is 0 Å². The fourth-order valence-electron chi connectivity index (χ4n) is 2.51. The highest BCUT2D eigenvalue weighted by atomic mass is 35.5. The predicted molar refractivity (Wildman–Crippen MR) is 76.0 cm³/mol. The van der Waals surface area contributed by atoms with E-state index in [-0.39, 0.29) is 11.8 Å². The molecule has 1 aromatic rings. The summed E-state index contributed by atoms with van der Waals surface area (Å²) < 4.78 is 0. The second kappa shape index (κ2) is 6.40. The number of hydrogen-bond acceptors (Lipinski definition) is 2. The van der Waals surface area contributed by atoms with Crippen LogP contribution in [0, 0.1) is 5.92 Å². The summed E-state index contributed by atoms with van der Waals surface area (Å²) in [7, 11) is 0. The lowest BCUT2D eigenvalue weighted by molar-refractivity contribution is -0.127. The van der Waals surface area contributed by atoms with E-state index in [1.165, 1.54) is 0 Å². The van der Waals surface area contributed by atoms with Gasteiger partial charge < -0.3 is 10.0 Å². The average molecular weight is 282 g/mol. The summed E-state index contributed by atoms with van der Waals surface area (Å²) in [4.78, 5) is 13.7. The molecule has 0 aliphatic carbocycles. The quantitative estimate of drug-likeness (QED) is 0.901. The van der Waals surface area contributed by atoms with Crippen LogP contribution in [0.2, 0.25) is 5.02 Å². The second-order valence-corrected chi connectivity index (χ2v) is 5.59. The highest BCUT2D eigenvalue weighted by molar-refractivity contribution is 6.30. The van der Waals surface area contributed by atoms with Gasteiger partial charge in [-0.15, -0.1) is 0 Å². The number of carbonyl (C=O) groups excluding carboxylic acids is 1. The number of unbranched alkanes of at least 4 members (excludes halogenated alkanes) is 1. The van der Waals surface area contributed by atoms with Gasteiger partial charge in [0.25, 0.3) is 0 Å². The molecule has 0 radical (unpaired) electrons. The van der Waals surface area contributed by atoms with E-state index in [0.717, 1.165) is 24.9 Å². The van der Waals surface area contributed by atoms with Crippen molar-refractivity contribution >= 4 is 17.5 Å². The molecule has 0 aromatic heterocycles. The minimum atomic E-state index is -0.590. The lowest BCUT2D eigenvalue weighted by atomic mass is 9.95. The number of hydrogen-bond donors (Lipinski definition) is 1. The molecule has 1 N–H and O–H groups in total. The van der Waals surface area contributed by atoms with Crippen LogP contribution in [-0.4, -0.2) is 29.0 Å². The zero-order valence-electron chi connectivity index (χ0n) is 11.2. The van der Waals surface area contributed by atoms with E-state index in [1.807, 2.05) is 17.0 Å². The molecular formula is C15H20ClNO2. The van der Waals surface area contributed by atoms with Gasteiger partial charge in [0, 0.05) is 30.5 Å². The van der Waals surface area contributed by atoms with Crippen LogP contribution in [0.3, 0.4) is 0 Å². The SMILES string of the molecule is CCCCN1CC(C(O)c2ccc(Cl)cc2)CC1=O. The number of rotatable bonds is 5. The topological polar surface area (TPSA) is 40.5 Å². The van der Waals surface area contributed by atoms with Crippen molar-refractivity contribution in [2.24, 2.45) is 5.92 Å². The van der Waals surface area contributed by atoms with E-state index >= 15 is 0 Å². The first-order valence-electron chi connectivity index (χ1n) is 6.83. The minimum Gasteiger partial charge on any atom is -0.388 e. The van der Waals surface area contributed by atoms with Crippen LogP contribution in [0.4, 0.5) is 0 Å². The first kappa shape index (κ1) is 14.4. The van der Waals surface area contributed by atoms with Crippen molar-refractivity contribution in [3.05, 3.63) is 34.9 Å². The highest BCUT2D eigenvalue weighted by Crippen LogP contribution is 2.31. The summed E-state index contributed by atoms with van der Waals surface area (Å²) >= 11 is 5.84. The van der Waals surface area contributed by atoms with Crippen molar-refractivity contribution < 1.29 is 9.90 Å². The third-order valence-electron chi connectivity index (χ3n) is 3.68. The molecule has 4 heteroatoms. The van der Waals surface area contributed by atoms with Crippen molar-refractivity contribution in [2.75, 3.05) is 13.1 Å². The van der Waals surface area contributed by atoms with Gasteiger partial charge >= 0.3 is 0 Å². The summed E-state index contributed by atoms with van der Waals surface area (Å²) in [6.45, 7) is 3.57. The molecule has 19 heavy (non-hydrogen) atoms. The number of halogens is 1. The van der Waals surface area contributed by atoms with Crippen LogP contribution in [0.25, 0.3) is 0 Å². The Bertz CT molecular complexity index is 432. The maximum atomic E-state index is 11.9. The van der Waals surface area contributed by atoms with Gasteiger partial charge in [0.05, 0.1) is 6.10 Å². The van der Waals surface area contributed by atoms with Crippen LogP contribution in [0.15, 0.2) is 24.3 Å². The molecule has 1 aromatic carbocycles. The normalized spacial score (nSPS) is 20.9. The molecule has 1 heterocycles. The Morgan fingerprint density at radius 3 is 2.74 bits per heavy atom. The van der Waals surface area contributed by atoms with E-state index in [4.69, 9.17) is 11.6 Å². The van der Waals surface area contributed by atoms with Crippen molar-refractivity contribution in [3.63, 3.8) is 0 Å².